The van der Waals surface area contributed by atoms with Gasteiger partial charge in [-0.15, -0.1) is 0 Å². The van der Waals surface area contributed by atoms with Gasteiger partial charge in [0.05, 0.1) is 0 Å². The first-order chi connectivity index (χ1) is 17.5. The fraction of sp³-hybridized carbons (Fsp3) is 0.133. The van der Waals surface area contributed by atoms with E-state index in [0.29, 0.717) is 8.64 Å². The number of hydrogen-bond donors (Lipinski definition) is 0. The molecule has 0 aliphatic carbocycles. The van der Waals surface area contributed by atoms with Gasteiger partial charge in [0.1, 0.15) is 0 Å². The summed E-state index contributed by atoms with van der Waals surface area (Å²) in [6, 6.07) is 41.0. The molecule has 2 nitrogen and oxygen atoms in total. The molecule has 4 aromatic carbocycles. The molecule has 0 atom stereocenters. The van der Waals surface area contributed by atoms with Gasteiger partial charge in [-0.3, -0.25) is 0 Å². The average Bonchev–Trinajstić information content (AvgIpc) is 2.91. The van der Waals surface area contributed by atoms with E-state index in [4.69, 9.17) is 49.7 Å². The van der Waals surface area contributed by atoms with E-state index in [9.17, 15) is 0 Å². The minimum Gasteiger partial charge on any atom is -0.411 e. The van der Waals surface area contributed by atoms with Crippen molar-refractivity contribution >= 4 is 107 Å². The number of benzene rings is 4. The van der Waals surface area contributed by atoms with Gasteiger partial charge in [0, 0.05) is 26.2 Å². The Hall–Kier alpha value is -1.33. The van der Waals surface area contributed by atoms with E-state index in [1.165, 1.54) is 22.3 Å². The van der Waals surface area contributed by atoms with E-state index in [1.807, 2.05) is 82.6 Å². The van der Waals surface area contributed by atoms with E-state index in [2.05, 4.69) is 48.5 Å². The second-order valence-electron chi connectivity index (χ2n) is 8.19. The molecule has 0 aliphatic heterocycles. The summed E-state index contributed by atoms with van der Waals surface area (Å²) in [6.45, 7) is 3.05. The minimum atomic E-state index is 0. The number of hydrogen-bond acceptors (Lipinski definition) is 4. The summed E-state index contributed by atoms with van der Waals surface area (Å²) < 4.78 is 1.03. The number of nitrogens with zero attached hydrogens (tertiary/aromatic N) is 2. The van der Waals surface area contributed by atoms with Crippen LogP contribution in [-0.4, -0.2) is 67.3 Å². The standard InChI is InChI=1S/2C15H15NS2.Ba/c2*17-15(18)16(11-13-7-3-1-4-8-13)12-14-9-5-2-6-10-14;/h2*1-10H,11-12H2,(H,17,18);/q;;+2/p-2. The van der Waals surface area contributed by atoms with E-state index in [-0.39, 0.29) is 48.9 Å². The van der Waals surface area contributed by atoms with Crippen molar-refractivity contribution in [1.29, 1.82) is 0 Å². The monoisotopic (exact) mass is 682 g/mol. The van der Waals surface area contributed by atoms with Gasteiger partial charge in [-0.05, 0) is 22.3 Å². The Morgan fingerprint density at radius 3 is 0.784 bits per heavy atom. The van der Waals surface area contributed by atoms with E-state index >= 15 is 0 Å². The zero-order valence-electron chi connectivity index (χ0n) is 20.6. The van der Waals surface area contributed by atoms with Crippen LogP contribution in [-0.2, 0) is 51.4 Å². The Morgan fingerprint density at radius 2 is 0.622 bits per heavy atom. The van der Waals surface area contributed by atoms with Gasteiger partial charge in [-0.2, -0.15) is 0 Å². The second kappa shape index (κ2) is 18.0. The van der Waals surface area contributed by atoms with Crippen molar-refractivity contribution in [3.05, 3.63) is 144 Å². The Balaban J connectivity index is 0.000000253. The van der Waals surface area contributed by atoms with Crippen molar-refractivity contribution in [2.75, 3.05) is 0 Å². The molecule has 0 heterocycles. The molecule has 0 unspecified atom stereocenters. The fourth-order valence-electron chi connectivity index (χ4n) is 3.59. The topological polar surface area (TPSA) is 6.48 Å². The van der Waals surface area contributed by atoms with Crippen LogP contribution >= 0.6 is 24.4 Å². The fourth-order valence-corrected chi connectivity index (χ4v) is 4.10. The van der Waals surface area contributed by atoms with Crippen molar-refractivity contribution in [3.63, 3.8) is 0 Å². The molecule has 0 saturated heterocycles. The van der Waals surface area contributed by atoms with Crippen LogP contribution in [0.4, 0.5) is 0 Å². The molecule has 0 radical (unpaired) electrons. The Kier molecular flexibility index (Phi) is 15.6. The molecule has 7 heteroatoms. The summed E-state index contributed by atoms with van der Waals surface area (Å²) in [5.41, 5.74) is 4.89. The molecule has 0 aliphatic rings. The molecule has 0 aromatic heterocycles. The largest absolute Gasteiger partial charge is 2.00 e. The molecular weight excluding hydrogens is 654 g/mol. The van der Waals surface area contributed by atoms with Crippen molar-refractivity contribution in [2.45, 2.75) is 26.2 Å². The summed E-state index contributed by atoms with van der Waals surface area (Å²) in [5, 5.41) is 0. The van der Waals surface area contributed by atoms with Crippen molar-refractivity contribution in [1.82, 2.24) is 9.80 Å². The summed E-state index contributed by atoms with van der Waals surface area (Å²) in [7, 11) is 0. The summed E-state index contributed by atoms with van der Waals surface area (Å²) in [6.07, 6.45) is 0. The van der Waals surface area contributed by atoms with E-state index in [1.54, 1.807) is 0 Å². The van der Waals surface area contributed by atoms with Crippen LogP contribution < -0.4 is 0 Å². The maximum absolute atomic E-state index is 5.16. The molecule has 0 bridgehead atoms. The molecule has 4 rings (SSSR count). The molecule has 37 heavy (non-hydrogen) atoms. The maximum Gasteiger partial charge on any atom is 2.00 e. The van der Waals surface area contributed by atoms with Crippen LogP contribution in [0.5, 0.6) is 0 Å². The van der Waals surface area contributed by atoms with Crippen LogP contribution in [0.3, 0.4) is 0 Å². The zero-order chi connectivity index (χ0) is 25.6. The Labute approximate surface area is 283 Å². The third-order valence-electron chi connectivity index (χ3n) is 5.38. The normalized spacial score (nSPS) is 9.73. The smallest absolute Gasteiger partial charge is 0.411 e. The maximum atomic E-state index is 5.16. The molecule has 0 spiro atoms. The molecule has 184 valence electrons. The van der Waals surface area contributed by atoms with Crippen LogP contribution in [0.1, 0.15) is 22.3 Å². The van der Waals surface area contributed by atoms with Crippen molar-refractivity contribution in [2.24, 2.45) is 0 Å². The molecule has 0 fully saturated rings. The van der Waals surface area contributed by atoms with Gasteiger partial charge in [0.25, 0.3) is 0 Å². The SMILES string of the molecule is S=C([S-])N(Cc1ccccc1)Cc1ccccc1.S=C([S-])N(Cc1ccccc1)Cc1ccccc1.[Ba+2]. The second-order valence-corrected chi connectivity index (χ2v) is 10.2. The third kappa shape index (κ3) is 12.4. The predicted molar refractivity (Wildman–Crippen MR) is 170 cm³/mol. The van der Waals surface area contributed by atoms with Gasteiger partial charge in [-0.25, -0.2) is 0 Å². The molecule has 0 amide bonds. The summed E-state index contributed by atoms with van der Waals surface area (Å²) >= 11 is 20.6. The minimum absolute atomic E-state index is 0. The molecule has 0 N–H and O–H groups in total. The predicted octanol–water partition coefficient (Wildman–Crippen LogP) is 6.66. The van der Waals surface area contributed by atoms with Gasteiger partial charge in [0.15, 0.2) is 0 Å². The van der Waals surface area contributed by atoms with Crippen molar-refractivity contribution in [3.8, 4) is 0 Å². The first-order valence-electron chi connectivity index (χ1n) is 11.6. The van der Waals surface area contributed by atoms with Crippen LogP contribution in [0.15, 0.2) is 121 Å². The van der Waals surface area contributed by atoms with Crippen molar-refractivity contribution < 1.29 is 0 Å². The molecule has 4 aromatic rings. The average molecular weight is 682 g/mol. The summed E-state index contributed by atoms with van der Waals surface area (Å²) in [4.78, 5) is 4.07. The van der Waals surface area contributed by atoms with Crippen LogP contribution in [0, 0.1) is 0 Å². The molecular formula is C30H28BaN2S4. The Bertz CT molecular complexity index is 1010. The van der Waals surface area contributed by atoms with Gasteiger partial charge in [-0.1, -0.05) is 130 Å². The van der Waals surface area contributed by atoms with Crippen LogP contribution in [0.2, 0.25) is 0 Å². The number of rotatable bonds is 8. The third-order valence-corrected chi connectivity index (χ3v) is 6.41. The van der Waals surface area contributed by atoms with Gasteiger partial charge < -0.3 is 59.5 Å². The number of thiocarbonyl (C=S) groups is 2. The first-order valence-corrected chi connectivity index (χ1v) is 13.2. The van der Waals surface area contributed by atoms with Gasteiger partial charge in [0.2, 0.25) is 0 Å². The Morgan fingerprint density at radius 1 is 0.432 bits per heavy atom. The zero-order valence-corrected chi connectivity index (χ0v) is 28.3. The van der Waals surface area contributed by atoms with Crippen LogP contribution in [0.25, 0.3) is 0 Å². The van der Waals surface area contributed by atoms with E-state index < -0.39 is 0 Å². The van der Waals surface area contributed by atoms with E-state index in [0.717, 1.165) is 26.2 Å². The first kappa shape index (κ1) is 31.9. The quantitative estimate of drug-likeness (QED) is 0.116. The summed E-state index contributed by atoms with van der Waals surface area (Å²) in [5.74, 6) is 0. The van der Waals surface area contributed by atoms with Gasteiger partial charge >= 0.3 is 48.9 Å². The molecule has 0 saturated carbocycles.